The predicted molar refractivity (Wildman–Crippen MR) is 117 cm³/mol. The van der Waals surface area contributed by atoms with Crippen LogP contribution in [0, 0.1) is 5.92 Å². The lowest BCUT2D eigenvalue weighted by Gasteiger charge is -2.31. The van der Waals surface area contributed by atoms with Crippen LogP contribution < -0.4 is 19.5 Å². The van der Waals surface area contributed by atoms with Crippen molar-refractivity contribution >= 4 is 33.4 Å². The first kappa shape index (κ1) is 22.0. The standard InChI is InChI=1S/C22H25BrN2O5/c1-28-18-12-15(13-19(29-2)20(18)30-3)22(27)25-10-8-14(9-11-25)21(26)24-17-6-4-16(23)5-7-17/h4-7,12-14H,8-11H2,1-3H3,(H,24,26). The van der Waals surface area contributed by atoms with Crippen LogP contribution in [0.4, 0.5) is 5.69 Å². The summed E-state index contributed by atoms with van der Waals surface area (Å²) in [4.78, 5) is 27.3. The predicted octanol–water partition coefficient (Wildman–Crippen LogP) is 3.97. The number of rotatable bonds is 6. The number of nitrogens with one attached hydrogen (secondary N) is 1. The molecular formula is C22H25BrN2O5. The van der Waals surface area contributed by atoms with Gasteiger partial charge >= 0.3 is 0 Å². The lowest BCUT2D eigenvalue weighted by atomic mass is 9.95. The third kappa shape index (κ3) is 4.87. The number of anilines is 1. The second-order valence-electron chi connectivity index (χ2n) is 6.98. The van der Waals surface area contributed by atoms with Crippen molar-refractivity contribution in [3.05, 3.63) is 46.4 Å². The molecule has 1 fully saturated rings. The summed E-state index contributed by atoms with van der Waals surface area (Å²) >= 11 is 3.38. The molecule has 160 valence electrons. The average molecular weight is 477 g/mol. The number of carbonyl (C=O) groups is 2. The highest BCUT2D eigenvalue weighted by Crippen LogP contribution is 2.38. The van der Waals surface area contributed by atoms with Crippen molar-refractivity contribution in [2.75, 3.05) is 39.7 Å². The Morgan fingerprint density at radius 1 is 0.967 bits per heavy atom. The number of ether oxygens (including phenoxy) is 3. The summed E-state index contributed by atoms with van der Waals surface area (Å²) in [6.07, 6.45) is 1.22. The molecule has 0 aromatic heterocycles. The van der Waals surface area contributed by atoms with Crippen LogP contribution in [0.25, 0.3) is 0 Å². The first-order chi connectivity index (χ1) is 14.5. The van der Waals surface area contributed by atoms with Crippen molar-refractivity contribution in [3.8, 4) is 17.2 Å². The molecule has 0 bridgehead atoms. The second-order valence-corrected chi connectivity index (χ2v) is 7.89. The van der Waals surface area contributed by atoms with Gasteiger partial charge in [-0.05, 0) is 49.2 Å². The number of hydrogen-bond donors (Lipinski definition) is 1. The van der Waals surface area contributed by atoms with Crippen LogP contribution in [0.5, 0.6) is 17.2 Å². The van der Waals surface area contributed by atoms with Crippen molar-refractivity contribution in [3.63, 3.8) is 0 Å². The molecule has 1 aliphatic heterocycles. The first-order valence-electron chi connectivity index (χ1n) is 9.62. The Balaban J connectivity index is 1.64. The highest BCUT2D eigenvalue weighted by Gasteiger charge is 2.29. The van der Waals surface area contributed by atoms with E-state index in [0.29, 0.717) is 48.7 Å². The van der Waals surface area contributed by atoms with Crippen LogP contribution in [0.3, 0.4) is 0 Å². The molecule has 2 aromatic rings. The van der Waals surface area contributed by atoms with Crippen molar-refractivity contribution in [2.45, 2.75) is 12.8 Å². The summed E-state index contributed by atoms with van der Waals surface area (Å²) < 4.78 is 16.9. The van der Waals surface area contributed by atoms with Gasteiger partial charge in [-0.2, -0.15) is 0 Å². The fourth-order valence-corrected chi connectivity index (χ4v) is 3.77. The van der Waals surface area contributed by atoms with E-state index in [1.54, 1.807) is 17.0 Å². The smallest absolute Gasteiger partial charge is 0.254 e. The molecule has 30 heavy (non-hydrogen) atoms. The van der Waals surface area contributed by atoms with Gasteiger partial charge in [0, 0.05) is 34.7 Å². The fraction of sp³-hybridized carbons (Fsp3) is 0.364. The number of likely N-dealkylation sites (tertiary alicyclic amines) is 1. The van der Waals surface area contributed by atoms with E-state index in [9.17, 15) is 9.59 Å². The molecule has 0 atom stereocenters. The Hall–Kier alpha value is -2.74. The zero-order valence-electron chi connectivity index (χ0n) is 17.2. The summed E-state index contributed by atoms with van der Waals surface area (Å²) in [5.41, 5.74) is 1.22. The number of halogens is 1. The molecule has 1 saturated heterocycles. The summed E-state index contributed by atoms with van der Waals surface area (Å²) in [7, 11) is 4.55. The van der Waals surface area contributed by atoms with Crippen LogP contribution in [0.1, 0.15) is 23.2 Å². The number of benzene rings is 2. The lowest BCUT2D eigenvalue weighted by Crippen LogP contribution is -2.41. The van der Waals surface area contributed by atoms with E-state index in [0.717, 1.165) is 10.2 Å². The van der Waals surface area contributed by atoms with E-state index in [4.69, 9.17) is 14.2 Å². The summed E-state index contributed by atoms with van der Waals surface area (Å²) in [5, 5.41) is 2.95. The Bertz CT molecular complexity index is 883. The van der Waals surface area contributed by atoms with Gasteiger partial charge in [-0.15, -0.1) is 0 Å². The molecule has 0 radical (unpaired) electrons. The van der Waals surface area contributed by atoms with Gasteiger partial charge in [-0.3, -0.25) is 9.59 Å². The molecule has 0 spiro atoms. The summed E-state index contributed by atoms with van der Waals surface area (Å²) in [6.45, 7) is 1.02. The van der Waals surface area contributed by atoms with Gasteiger partial charge in [-0.1, -0.05) is 15.9 Å². The van der Waals surface area contributed by atoms with Crippen molar-refractivity contribution in [1.82, 2.24) is 4.90 Å². The Labute approximate surface area is 184 Å². The minimum Gasteiger partial charge on any atom is -0.493 e. The van der Waals surface area contributed by atoms with Crippen molar-refractivity contribution in [1.29, 1.82) is 0 Å². The van der Waals surface area contributed by atoms with Crippen LogP contribution >= 0.6 is 15.9 Å². The largest absolute Gasteiger partial charge is 0.493 e. The molecule has 2 aromatic carbocycles. The zero-order valence-corrected chi connectivity index (χ0v) is 18.8. The molecule has 8 heteroatoms. The normalized spacial score (nSPS) is 14.2. The monoisotopic (exact) mass is 476 g/mol. The minimum absolute atomic E-state index is 0.0165. The van der Waals surface area contributed by atoms with Gasteiger partial charge < -0.3 is 24.4 Å². The number of nitrogens with zero attached hydrogens (tertiary/aromatic N) is 1. The van der Waals surface area contributed by atoms with E-state index in [1.807, 2.05) is 24.3 Å². The van der Waals surface area contributed by atoms with Gasteiger partial charge in [0.1, 0.15) is 0 Å². The number of carbonyl (C=O) groups excluding carboxylic acids is 2. The molecular weight excluding hydrogens is 452 g/mol. The number of hydrogen-bond acceptors (Lipinski definition) is 5. The van der Waals surface area contributed by atoms with E-state index in [-0.39, 0.29) is 17.7 Å². The van der Waals surface area contributed by atoms with Gasteiger partial charge in [0.25, 0.3) is 5.91 Å². The number of methoxy groups -OCH3 is 3. The average Bonchev–Trinajstić information content (AvgIpc) is 2.79. The third-order valence-electron chi connectivity index (χ3n) is 5.18. The molecule has 1 N–H and O–H groups in total. The Morgan fingerprint density at radius 3 is 2.03 bits per heavy atom. The van der Waals surface area contributed by atoms with Crippen LogP contribution in [0.2, 0.25) is 0 Å². The summed E-state index contributed by atoms with van der Waals surface area (Å²) in [6, 6.07) is 10.8. The SMILES string of the molecule is COc1cc(C(=O)N2CCC(C(=O)Nc3ccc(Br)cc3)CC2)cc(OC)c1OC. The Kier molecular flexibility index (Phi) is 7.20. The van der Waals surface area contributed by atoms with E-state index >= 15 is 0 Å². The molecule has 0 aliphatic carbocycles. The molecule has 2 amide bonds. The maximum atomic E-state index is 13.0. The highest BCUT2D eigenvalue weighted by atomic mass is 79.9. The molecule has 1 aliphatic rings. The third-order valence-corrected chi connectivity index (χ3v) is 5.71. The quantitative estimate of drug-likeness (QED) is 0.682. The minimum atomic E-state index is -0.127. The number of amides is 2. The second kappa shape index (κ2) is 9.84. The fourth-order valence-electron chi connectivity index (χ4n) is 3.51. The van der Waals surface area contributed by atoms with E-state index in [2.05, 4.69) is 21.2 Å². The highest BCUT2D eigenvalue weighted by molar-refractivity contribution is 9.10. The van der Waals surface area contributed by atoms with Crippen LogP contribution in [-0.2, 0) is 4.79 Å². The topological polar surface area (TPSA) is 77.1 Å². The van der Waals surface area contributed by atoms with E-state index in [1.165, 1.54) is 21.3 Å². The van der Waals surface area contributed by atoms with Crippen molar-refractivity contribution in [2.24, 2.45) is 5.92 Å². The summed E-state index contributed by atoms with van der Waals surface area (Å²) in [5.74, 6) is 1.05. The molecule has 3 rings (SSSR count). The van der Waals surface area contributed by atoms with Gasteiger partial charge in [0.15, 0.2) is 11.5 Å². The van der Waals surface area contributed by atoms with Gasteiger partial charge in [0.2, 0.25) is 11.7 Å². The molecule has 0 saturated carbocycles. The van der Waals surface area contributed by atoms with Gasteiger partial charge in [-0.25, -0.2) is 0 Å². The Morgan fingerprint density at radius 2 is 1.53 bits per heavy atom. The number of piperidine rings is 1. The van der Waals surface area contributed by atoms with Gasteiger partial charge in [0.05, 0.1) is 21.3 Å². The maximum absolute atomic E-state index is 13.0. The zero-order chi connectivity index (χ0) is 21.7. The van der Waals surface area contributed by atoms with Crippen LogP contribution in [0.15, 0.2) is 40.9 Å². The maximum Gasteiger partial charge on any atom is 0.254 e. The molecule has 7 nitrogen and oxygen atoms in total. The van der Waals surface area contributed by atoms with Crippen LogP contribution in [-0.4, -0.2) is 51.1 Å². The molecule has 0 unspecified atom stereocenters. The lowest BCUT2D eigenvalue weighted by molar-refractivity contribution is -0.121. The van der Waals surface area contributed by atoms with Crippen molar-refractivity contribution < 1.29 is 23.8 Å². The molecule has 1 heterocycles. The first-order valence-corrected chi connectivity index (χ1v) is 10.4. The van der Waals surface area contributed by atoms with E-state index < -0.39 is 0 Å².